The topological polar surface area (TPSA) is 55.0 Å². The van der Waals surface area contributed by atoms with Crippen LogP contribution in [0, 0.1) is 5.92 Å². The molecule has 1 aromatic heterocycles. The molecule has 2 aromatic rings. The average molecular weight is 399 g/mol. The molecule has 0 saturated heterocycles. The van der Waals surface area contributed by atoms with Gasteiger partial charge >= 0.3 is 0 Å². The molecule has 2 aliphatic carbocycles. The van der Waals surface area contributed by atoms with Crippen LogP contribution in [0.5, 0.6) is 0 Å². The second kappa shape index (κ2) is 8.42. The number of benzene rings is 1. The number of rotatable bonds is 6. The number of fused-ring (bicyclic) bond motifs is 3. The molecule has 150 valence electrons. The van der Waals surface area contributed by atoms with E-state index in [1.54, 1.807) is 11.8 Å². The van der Waals surface area contributed by atoms with Gasteiger partial charge in [0, 0.05) is 23.3 Å². The Bertz CT molecular complexity index is 888. The van der Waals surface area contributed by atoms with Gasteiger partial charge in [0.2, 0.25) is 0 Å². The fourth-order valence-corrected chi connectivity index (χ4v) is 5.78. The Morgan fingerprint density at radius 3 is 2.82 bits per heavy atom. The highest BCUT2D eigenvalue weighted by Crippen LogP contribution is 2.48. The van der Waals surface area contributed by atoms with E-state index in [2.05, 4.69) is 36.2 Å². The summed E-state index contributed by atoms with van der Waals surface area (Å²) in [4.78, 5) is 21.3. The Kier molecular flexibility index (Phi) is 5.93. The van der Waals surface area contributed by atoms with Crippen molar-refractivity contribution < 1.29 is 4.74 Å². The standard InChI is InChI=1S/C23H30N2O2S/c1-3-27-13-14-28-22-24-20-18-12-8-7-9-16(18)15-23(2,19(20)21(26)25-22)17-10-5-4-6-11-17/h7-9,12,17H,3-6,10-11,13-15H2,1-2H3,(H,24,25,26)/t23-/m1/s1. The summed E-state index contributed by atoms with van der Waals surface area (Å²) in [5.41, 5.74) is 4.17. The lowest BCUT2D eigenvalue weighted by Crippen LogP contribution is -2.43. The minimum atomic E-state index is -0.140. The third kappa shape index (κ3) is 3.67. The average Bonchev–Trinajstić information content (AvgIpc) is 2.71. The van der Waals surface area contributed by atoms with Crippen molar-refractivity contribution >= 4 is 11.8 Å². The molecule has 1 N–H and O–H groups in total. The van der Waals surface area contributed by atoms with Gasteiger partial charge in [-0.1, -0.05) is 62.2 Å². The molecule has 1 aromatic carbocycles. The largest absolute Gasteiger partial charge is 0.381 e. The van der Waals surface area contributed by atoms with E-state index in [9.17, 15) is 4.79 Å². The summed E-state index contributed by atoms with van der Waals surface area (Å²) < 4.78 is 5.43. The fourth-order valence-electron chi connectivity index (χ4n) is 5.06. The second-order valence-corrected chi connectivity index (χ2v) is 9.31. The van der Waals surface area contributed by atoms with E-state index in [4.69, 9.17) is 9.72 Å². The van der Waals surface area contributed by atoms with Crippen molar-refractivity contribution in [1.82, 2.24) is 9.97 Å². The minimum Gasteiger partial charge on any atom is -0.381 e. The Hall–Kier alpha value is -1.59. The fraction of sp³-hybridized carbons (Fsp3) is 0.565. The van der Waals surface area contributed by atoms with E-state index in [1.165, 1.54) is 37.7 Å². The van der Waals surface area contributed by atoms with E-state index in [1.807, 2.05) is 6.92 Å². The molecule has 2 aliphatic rings. The van der Waals surface area contributed by atoms with Crippen molar-refractivity contribution in [2.24, 2.45) is 5.92 Å². The van der Waals surface area contributed by atoms with Crippen molar-refractivity contribution in [2.75, 3.05) is 19.0 Å². The monoisotopic (exact) mass is 398 g/mol. The zero-order chi connectivity index (χ0) is 19.6. The summed E-state index contributed by atoms with van der Waals surface area (Å²) in [5.74, 6) is 1.34. The first-order chi connectivity index (χ1) is 13.6. The van der Waals surface area contributed by atoms with Crippen LogP contribution in [0.1, 0.15) is 57.1 Å². The molecule has 4 rings (SSSR count). The van der Waals surface area contributed by atoms with Gasteiger partial charge < -0.3 is 9.72 Å². The molecule has 0 bridgehead atoms. The van der Waals surface area contributed by atoms with Crippen molar-refractivity contribution in [1.29, 1.82) is 0 Å². The van der Waals surface area contributed by atoms with Gasteiger partial charge in [-0.25, -0.2) is 4.98 Å². The smallest absolute Gasteiger partial charge is 0.255 e. The lowest BCUT2D eigenvalue weighted by Gasteiger charge is -2.43. The molecule has 1 saturated carbocycles. The lowest BCUT2D eigenvalue weighted by atomic mass is 9.60. The maximum absolute atomic E-state index is 13.3. The Balaban J connectivity index is 1.77. The van der Waals surface area contributed by atoms with E-state index in [0.29, 0.717) is 24.3 Å². The quantitative estimate of drug-likeness (QED) is 0.424. The van der Waals surface area contributed by atoms with Gasteiger partial charge in [0.15, 0.2) is 5.16 Å². The molecular formula is C23H30N2O2S. The number of ether oxygens (including phenoxy) is 1. The van der Waals surface area contributed by atoms with Crippen LogP contribution in [0.3, 0.4) is 0 Å². The van der Waals surface area contributed by atoms with E-state index >= 15 is 0 Å². The number of nitrogens with zero attached hydrogens (tertiary/aromatic N) is 1. The summed E-state index contributed by atoms with van der Waals surface area (Å²) in [6, 6.07) is 8.49. The van der Waals surface area contributed by atoms with E-state index < -0.39 is 0 Å². The SMILES string of the molecule is CCOCCSc1nc2c(c(=O)[nH]1)[C@@](C)(C1CCCCC1)Cc1ccccc1-2. The zero-order valence-corrected chi connectivity index (χ0v) is 17.7. The summed E-state index contributed by atoms with van der Waals surface area (Å²) in [7, 11) is 0. The number of hydrogen-bond acceptors (Lipinski definition) is 4. The second-order valence-electron chi connectivity index (χ2n) is 8.23. The number of aromatic nitrogens is 2. The van der Waals surface area contributed by atoms with Crippen LogP contribution in [-0.4, -0.2) is 28.9 Å². The number of thioether (sulfide) groups is 1. The Morgan fingerprint density at radius 1 is 1.25 bits per heavy atom. The van der Waals surface area contributed by atoms with Gasteiger partial charge in [0.05, 0.1) is 17.9 Å². The third-order valence-electron chi connectivity index (χ3n) is 6.48. The third-order valence-corrected chi connectivity index (χ3v) is 7.31. The van der Waals surface area contributed by atoms with Crippen molar-refractivity contribution in [3.8, 4) is 11.3 Å². The van der Waals surface area contributed by atoms with Crippen LogP contribution in [0.25, 0.3) is 11.3 Å². The molecule has 5 heteroatoms. The Morgan fingerprint density at radius 2 is 2.04 bits per heavy atom. The molecule has 0 amide bonds. The zero-order valence-electron chi connectivity index (χ0n) is 16.9. The lowest BCUT2D eigenvalue weighted by molar-refractivity contribution is 0.164. The highest BCUT2D eigenvalue weighted by Gasteiger charge is 2.44. The maximum Gasteiger partial charge on any atom is 0.255 e. The molecule has 4 nitrogen and oxygen atoms in total. The van der Waals surface area contributed by atoms with E-state index in [-0.39, 0.29) is 11.0 Å². The number of H-pyrrole nitrogens is 1. The molecule has 0 radical (unpaired) electrons. The van der Waals surface area contributed by atoms with Crippen LogP contribution in [0.2, 0.25) is 0 Å². The van der Waals surface area contributed by atoms with Gasteiger partial charge in [0.1, 0.15) is 0 Å². The first kappa shape index (κ1) is 19.7. The highest BCUT2D eigenvalue weighted by atomic mass is 32.2. The normalized spacial score (nSPS) is 21.9. The molecule has 0 aliphatic heterocycles. The summed E-state index contributed by atoms with van der Waals surface area (Å²) in [6.07, 6.45) is 7.22. The number of nitrogens with one attached hydrogen (secondary N) is 1. The molecule has 1 atom stereocenters. The van der Waals surface area contributed by atoms with Crippen LogP contribution in [0.4, 0.5) is 0 Å². The molecule has 0 spiro atoms. The van der Waals surface area contributed by atoms with Crippen molar-refractivity contribution in [3.63, 3.8) is 0 Å². The van der Waals surface area contributed by atoms with Crippen LogP contribution in [-0.2, 0) is 16.6 Å². The van der Waals surface area contributed by atoms with Gasteiger partial charge in [-0.15, -0.1) is 0 Å². The minimum absolute atomic E-state index is 0.0477. The first-order valence-electron chi connectivity index (χ1n) is 10.6. The number of aromatic amines is 1. The predicted octanol–water partition coefficient (Wildman–Crippen LogP) is 4.96. The molecular weight excluding hydrogens is 368 g/mol. The van der Waals surface area contributed by atoms with Gasteiger partial charge in [0.25, 0.3) is 5.56 Å². The maximum atomic E-state index is 13.3. The molecule has 28 heavy (non-hydrogen) atoms. The van der Waals surface area contributed by atoms with Crippen LogP contribution in [0.15, 0.2) is 34.2 Å². The summed E-state index contributed by atoms with van der Waals surface area (Å²) in [5, 5.41) is 0.700. The van der Waals surface area contributed by atoms with Crippen molar-refractivity contribution in [2.45, 2.75) is 62.9 Å². The summed E-state index contributed by atoms with van der Waals surface area (Å²) >= 11 is 1.57. The highest BCUT2D eigenvalue weighted by molar-refractivity contribution is 7.99. The number of hydrogen-bond donors (Lipinski definition) is 1. The first-order valence-corrected chi connectivity index (χ1v) is 11.6. The molecule has 1 fully saturated rings. The Labute approximate surface area is 171 Å². The van der Waals surface area contributed by atoms with Crippen LogP contribution < -0.4 is 5.56 Å². The van der Waals surface area contributed by atoms with Crippen molar-refractivity contribution in [3.05, 3.63) is 45.7 Å². The predicted molar refractivity (Wildman–Crippen MR) is 115 cm³/mol. The van der Waals surface area contributed by atoms with E-state index in [0.717, 1.165) is 29.0 Å². The van der Waals surface area contributed by atoms with Crippen LogP contribution >= 0.6 is 11.8 Å². The van der Waals surface area contributed by atoms with Gasteiger partial charge in [-0.2, -0.15) is 0 Å². The molecule has 1 heterocycles. The van der Waals surface area contributed by atoms with Gasteiger partial charge in [-0.3, -0.25) is 4.79 Å². The van der Waals surface area contributed by atoms with Gasteiger partial charge in [-0.05, 0) is 37.7 Å². The summed E-state index contributed by atoms with van der Waals surface area (Å²) in [6.45, 7) is 5.67. The molecule has 0 unspecified atom stereocenters.